The number of rotatable bonds is 3. The monoisotopic (exact) mass is 676 g/mol. The third kappa shape index (κ3) is 3.96. The zero-order valence-corrected chi connectivity index (χ0v) is 28.4. The molecule has 0 saturated heterocycles. The van der Waals surface area contributed by atoms with Crippen molar-refractivity contribution in [3.8, 4) is 22.9 Å². The van der Waals surface area contributed by atoms with E-state index in [-0.39, 0.29) is 0 Å². The summed E-state index contributed by atoms with van der Waals surface area (Å²) in [6.45, 7) is 0. The first-order valence-corrected chi connectivity index (χ1v) is 17.9. The van der Waals surface area contributed by atoms with Crippen LogP contribution in [0.25, 0.3) is 110 Å². The lowest BCUT2D eigenvalue weighted by Gasteiger charge is -2.14. The Kier molecular flexibility index (Phi) is 5.71. The molecule has 5 nitrogen and oxygen atoms in total. The van der Waals surface area contributed by atoms with Gasteiger partial charge < -0.3 is 8.98 Å². The fourth-order valence-electron chi connectivity index (χ4n) is 8.59. The molecule has 4 heterocycles. The van der Waals surface area contributed by atoms with E-state index in [0.717, 1.165) is 88.0 Å². The zero-order chi connectivity index (χ0) is 34.6. The third-order valence-electron chi connectivity index (χ3n) is 10.9. The summed E-state index contributed by atoms with van der Waals surface area (Å²) >= 11 is 0. The van der Waals surface area contributed by atoms with Crippen molar-refractivity contribution < 1.29 is 4.42 Å². The Morgan fingerprint density at radius 2 is 1.13 bits per heavy atom. The molecule has 12 aromatic rings. The van der Waals surface area contributed by atoms with Gasteiger partial charge in [0.15, 0.2) is 0 Å². The van der Waals surface area contributed by atoms with Gasteiger partial charge in [0.05, 0.1) is 38.7 Å². The summed E-state index contributed by atoms with van der Waals surface area (Å²) in [7, 11) is 0. The number of fused-ring (bicyclic) bond motifs is 13. The van der Waals surface area contributed by atoms with E-state index in [1.807, 2.05) is 12.1 Å². The Balaban J connectivity index is 1.30. The molecule has 246 valence electrons. The molecule has 8 aromatic carbocycles. The summed E-state index contributed by atoms with van der Waals surface area (Å²) in [5, 5.41) is 10.1. The van der Waals surface area contributed by atoms with Gasteiger partial charge in [0.2, 0.25) is 5.95 Å². The molecule has 0 aliphatic rings. The van der Waals surface area contributed by atoms with Crippen molar-refractivity contribution in [2.45, 2.75) is 0 Å². The second-order valence-electron chi connectivity index (χ2n) is 13.8. The van der Waals surface area contributed by atoms with Gasteiger partial charge in [0.25, 0.3) is 0 Å². The van der Waals surface area contributed by atoms with E-state index < -0.39 is 0 Å². The summed E-state index contributed by atoms with van der Waals surface area (Å²) in [6, 6.07) is 59.9. The molecule has 0 fully saturated rings. The van der Waals surface area contributed by atoms with Crippen LogP contribution in [0.4, 0.5) is 0 Å². The highest BCUT2D eigenvalue weighted by atomic mass is 16.3. The Hall–Kier alpha value is -7.24. The minimum Gasteiger partial charge on any atom is -0.455 e. The minimum absolute atomic E-state index is 0.611. The average Bonchev–Trinajstić information content (AvgIpc) is 3.88. The third-order valence-corrected chi connectivity index (χ3v) is 10.9. The van der Waals surface area contributed by atoms with Gasteiger partial charge in [-0.05, 0) is 59.3 Å². The van der Waals surface area contributed by atoms with Crippen LogP contribution in [0.3, 0.4) is 0 Å². The van der Waals surface area contributed by atoms with Crippen molar-refractivity contribution in [2.75, 3.05) is 0 Å². The molecule has 0 unspecified atom stereocenters. The number of benzene rings is 8. The highest BCUT2D eigenvalue weighted by Crippen LogP contribution is 2.45. The molecule has 53 heavy (non-hydrogen) atoms. The topological polar surface area (TPSA) is 48.8 Å². The van der Waals surface area contributed by atoms with Gasteiger partial charge in [-0.1, -0.05) is 121 Å². The lowest BCUT2D eigenvalue weighted by molar-refractivity contribution is 0.673. The molecule has 12 rings (SSSR count). The Labute approximate surface area is 302 Å². The van der Waals surface area contributed by atoms with Gasteiger partial charge in [-0.25, -0.2) is 9.97 Å². The summed E-state index contributed by atoms with van der Waals surface area (Å²) < 4.78 is 11.4. The van der Waals surface area contributed by atoms with Crippen molar-refractivity contribution in [1.29, 1.82) is 0 Å². The Morgan fingerprint density at radius 3 is 2.04 bits per heavy atom. The number of furan rings is 1. The standard InChI is InChI=1S/C48H28N4O/c1-2-14-32(15-3-1)51-40-20-10-7-16-33(40)35-24-25-38-43-41(27-26-36-34-17-8-11-21-42(34)53-47(36)43)52(46(38)45(35)51)48-49-39-19-9-6-18-37(39)44(50-48)31-23-22-29-12-4-5-13-30(29)28-31/h1-28H. The highest BCUT2D eigenvalue weighted by Gasteiger charge is 2.25. The number of para-hydroxylation sites is 4. The second-order valence-corrected chi connectivity index (χ2v) is 13.8. The van der Waals surface area contributed by atoms with Crippen LogP contribution in [-0.4, -0.2) is 19.1 Å². The minimum atomic E-state index is 0.611. The number of hydrogen-bond donors (Lipinski definition) is 0. The zero-order valence-electron chi connectivity index (χ0n) is 28.4. The molecule has 4 aromatic heterocycles. The van der Waals surface area contributed by atoms with Crippen molar-refractivity contribution >= 4 is 87.2 Å². The van der Waals surface area contributed by atoms with Crippen molar-refractivity contribution in [1.82, 2.24) is 19.1 Å². The largest absolute Gasteiger partial charge is 0.455 e. The molecule has 0 radical (unpaired) electrons. The number of nitrogens with zero attached hydrogens (tertiary/aromatic N) is 4. The van der Waals surface area contributed by atoms with E-state index in [0.29, 0.717) is 5.95 Å². The van der Waals surface area contributed by atoms with Crippen LogP contribution in [0, 0.1) is 0 Å². The van der Waals surface area contributed by atoms with Crippen molar-refractivity contribution in [3.05, 3.63) is 170 Å². The van der Waals surface area contributed by atoms with Gasteiger partial charge in [0, 0.05) is 43.6 Å². The second kappa shape index (κ2) is 10.6. The summed E-state index contributed by atoms with van der Waals surface area (Å²) in [6.07, 6.45) is 0. The average molecular weight is 677 g/mol. The molecule has 0 saturated carbocycles. The molecule has 0 aliphatic heterocycles. The van der Waals surface area contributed by atoms with Gasteiger partial charge in [-0.2, -0.15) is 0 Å². The molecule has 5 heteroatoms. The molecule has 0 amide bonds. The Morgan fingerprint density at radius 1 is 0.434 bits per heavy atom. The number of hydrogen-bond acceptors (Lipinski definition) is 3. The van der Waals surface area contributed by atoms with Crippen LogP contribution >= 0.6 is 0 Å². The van der Waals surface area contributed by atoms with Gasteiger partial charge in [-0.15, -0.1) is 0 Å². The van der Waals surface area contributed by atoms with Crippen LogP contribution in [0.2, 0.25) is 0 Å². The summed E-state index contributed by atoms with van der Waals surface area (Å²) in [5.74, 6) is 0.611. The first-order valence-electron chi connectivity index (χ1n) is 17.9. The van der Waals surface area contributed by atoms with Crippen LogP contribution in [-0.2, 0) is 0 Å². The lowest BCUT2D eigenvalue weighted by Crippen LogP contribution is -2.04. The van der Waals surface area contributed by atoms with Gasteiger partial charge in [0.1, 0.15) is 11.2 Å². The first-order chi connectivity index (χ1) is 26.3. The molecule has 0 spiro atoms. The lowest BCUT2D eigenvalue weighted by atomic mass is 10.0. The summed E-state index contributed by atoms with van der Waals surface area (Å²) in [5.41, 5.74) is 9.92. The van der Waals surface area contributed by atoms with Gasteiger partial charge >= 0.3 is 0 Å². The van der Waals surface area contributed by atoms with Gasteiger partial charge in [-0.3, -0.25) is 4.57 Å². The van der Waals surface area contributed by atoms with Crippen LogP contribution < -0.4 is 0 Å². The molecule has 0 aliphatic carbocycles. The molecular weight excluding hydrogens is 649 g/mol. The maximum atomic E-state index is 6.75. The molecular formula is C48H28N4O. The number of aromatic nitrogens is 4. The van der Waals surface area contributed by atoms with Crippen molar-refractivity contribution in [2.24, 2.45) is 0 Å². The molecule has 0 atom stereocenters. The fourth-order valence-corrected chi connectivity index (χ4v) is 8.59. The normalized spacial score (nSPS) is 12.2. The smallest absolute Gasteiger partial charge is 0.235 e. The SMILES string of the molecule is c1ccc(-n2c3ccccc3c3ccc4c5c6oc7ccccc7c6ccc5n(-c5nc(-c6ccc7ccccc7c6)c6ccccc6n5)c4c32)cc1. The summed E-state index contributed by atoms with van der Waals surface area (Å²) in [4.78, 5) is 10.9. The van der Waals surface area contributed by atoms with E-state index in [2.05, 4.69) is 167 Å². The quantitative estimate of drug-likeness (QED) is 0.187. The molecule has 0 N–H and O–H groups in total. The van der Waals surface area contributed by atoms with E-state index >= 15 is 0 Å². The Bertz CT molecular complexity index is 3460. The van der Waals surface area contributed by atoms with Crippen LogP contribution in [0.5, 0.6) is 0 Å². The van der Waals surface area contributed by atoms with E-state index in [4.69, 9.17) is 14.4 Å². The van der Waals surface area contributed by atoms with Crippen LogP contribution in [0.15, 0.2) is 174 Å². The van der Waals surface area contributed by atoms with E-state index in [9.17, 15) is 0 Å². The predicted molar refractivity (Wildman–Crippen MR) is 218 cm³/mol. The fraction of sp³-hybridized carbons (Fsp3) is 0. The first kappa shape index (κ1) is 28.5. The van der Waals surface area contributed by atoms with Crippen molar-refractivity contribution in [3.63, 3.8) is 0 Å². The van der Waals surface area contributed by atoms with E-state index in [1.165, 1.54) is 16.2 Å². The van der Waals surface area contributed by atoms with Crippen LogP contribution in [0.1, 0.15) is 0 Å². The maximum absolute atomic E-state index is 6.75. The molecule has 0 bridgehead atoms. The predicted octanol–water partition coefficient (Wildman–Crippen LogP) is 12.5. The maximum Gasteiger partial charge on any atom is 0.235 e. The van der Waals surface area contributed by atoms with E-state index in [1.54, 1.807) is 0 Å². The highest BCUT2D eigenvalue weighted by molar-refractivity contribution is 6.29.